The Labute approximate surface area is 88.0 Å². The largest absolute Gasteiger partial charge is 0.339 e. The molecule has 2 aromatic rings. The molecule has 0 spiro atoms. The summed E-state index contributed by atoms with van der Waals surface area (Å²) >= 11 is 0. The molecule has 2 rings (SSSR count). The first-order valence-corrected chi connectivity index (χ1v) is 4.91. The van der Waals surface area contributed by atoms with Crippen LogP contribution in [0.15, 0.2) is 24.8 Å². The molecule has 5 heteroatoms. The summed E-state index contributed by atoms with van der Waals surface area (Å²) in [6.45, 7) is 3.82. The highest BCUT2D eigenvalue weighted by Crippen LogP contribution is 2.10. The Morgan fingerprint density at radius 3 is 3.07 bits per heavy atom. The van der Waals surface area contributed by atoms with Gasteiger partial charge in [0.2, 0.25) is 0 Å². The molecular formula is C10H13N5. The molecule has 2 N–H and O–H groups in total. The van der Waals surface area contributed by atoms with Crippen LogP contribution in [0, 0.1) is 0 Å². The molecule has 2 aromatic heterocycles. The van der Waals surface area contributed by atoms with Crippen LogP contribution in [0.3, 0.4) is 0 Å². The lowest BCUT2D eigenvalue weighted by molar-refractivity contribution is 0.714. The maximum atomic E-state index is 4.25. The van der Waals surface area contributed by atoms with E-state index in [-0.39, 0.29) is 0 Å². The number of aromatic nitrogens is 4. The maximum absolute atomic E-state index is 4.25. The molecule has 2 heterocycles. The van der Waals surface area contributed by atoms with Crippen molar-refractivity contribution in [3.05, 3.63) is 30.5 Å². The summed E-state index contributed by atoms with van der Waals surface area (Å²) in [5.74, 6) is 0.783. The molecule has 0 aromatic carbocycles. The number of H-pyrrole nitrogens is 1. The predicted molar refractivity (Wildman–Crippen MR) is 57.0 cm³/mol. The summed E-state index contributed by atoms with van der Waals surface area (Å²) < 4.78 is 0. The zero-order valence-corrected chi connectivity index (χ0v) is 8.57. The van der Waals surface area contributed by atoms with Gasteiger partial charge in [-0.25, -0.2) is 15.0 Å². The maximum Gasteiger partial charge on any atom is 0.156 e. The fourth-order valence-corrected chi connectivity index (χ4v) is 1.27. The van der Waals surface area contributed by atoms with Crippen LogP contribution in [0.5, 0.6) is 0 Å². The SMILES string of the molecule is CCNCc1cnc(-c2ccncn2)[nH]1. The molecular weight excluding hydrogens is 190 g/mol. The lowest BCUT2D eigenvalue weighted by Gasteiger charge is -1.97. The molecule has 15 heavy (non-hydrogen) atoms. The Balaban J connectivity index is 2.14. The second-order valence-corrected chi connectivity index (χ2v) is 3.13. The van der Waals surface area contributed by atoms with Gasteiger partial charge >= 0.3 is 0 Å². The molecule has 0 bridgehead atoms. The van der Waals surface area contributed by atoms with E-state index in [4.69, 9.17) is 0 Å². The van der Waals surface area contributed by atoms with Gasteiger partial charge in [-0.2, -0.15) is 0 Å². The fourth-order valence-electron chi connectivity index (χ4n) is 1.27. The van der Waals surface area contributed by atoms with Gasteiger partial charge in [0, 0.05) is 18.4 Å². The van der Waals surface area contributed by atoms with Crippen LogP contribution in [0.25, 0.3) is 11.5 Å². The van der Waals surface area contributed by atoms with E-state index in [1.807, 2.05) is 12.3 Å². The minimum Gasteiger partial charge on any atom is -0.339 e. The van der Waals surface area contributed by atoms with E-state index in [0.29, 0.717) is 0 Å². The number of nitrogens with one attached hydrogen (secondary N) is 2. The van der Waals surface area contributed by atoms with E-state index in [1.165, 1.54) is 6.33 Å². The van der Waals surface area contributed by atoms with Crippen molar-refractivity contribution in [2.24, 2.45) is 0 Å². The van der Waals surface area contributed by atoms with Crippen molar-refractivity contribution >= 4 is 0 Å². The van der Waals surface area contributed by atoms with Crippen LogP contribution in [0.2, 0.25) is 0 Å². The van der Waals surface area contributed by atoms with E-state index < -0.39 is 0 Å². The van der Waals surface area contributed by atoms with Crippen LogP contribution in [-0.4, -0.2) is 26.5 Å². The van der Waals surface area contributed by atoms with Crippen molar-refractivity contribution < 1.29 is 0 Å². The van der Waals surface area contributed by atoms with E-state index >= 15 is 0 Å². The van der Waals surface area contributed by atoms with Gasteiger partial charge in [0.05, 0.1) is 6.20 Å². The van der Waals surface area contributed by atoms with E-state index in [1.54, 1.807) is 6.20 Å². The van der Waals surface area contributed by atoms with Gasteiger partial charge in [0.15, 0.2) is 5.82 Å². The van der Waals surface area contributed by atoms with Crippen LogP contribution < -0.4 is 5.32 Å². The first kappa shape index (κ1) is 9.79. The number of imidazole rings is 1. The fraction of sp³-hybridized carbons (Fsp3) is 0.300. The Bertz CT molecular complexity index is 409. The lowest BCUT2D eigenvalue weighted by Crippen LogP contribution is -2.11. The number of hydrogen-bond donors (Lipinski definition) is 2. The van der Waals surface area contributed by atoms with Crippen molar-refractivity contribution in [1.29, 1.82) is 0 Å². The van der Waals surface area contributed by atoms with E-state index in [2.05, 4.69) is 32.2 Å². The number of aromatic amines is 1. The Morgan fingerprint density at radius 1 is 1.40 bits per heavy atom. The molecule has 78 valence electrons. The van der Waals surface area contributed by atoms with Crippen molar-refractivity contribution in [2.45, 2.75) is 13.5 Å². The number of rotatable bonds is 4. The van der Waals surface area contributed by atoms with E-state index in [0.717, 1.165) is 30.3 Å². The molecule has 0 saturated carbocycles. The van der Waals surface area contributed by atoms with Crippen molar-refractivity contribution in [2.75, 3.05) is 6.54 Å². The van der Waals surface area contributed by atoms with Gasteiger partial charge in [-0.3, -0.25) is 0 Å². The zero-order chi connectivity index (χ0) is 10.5. The standard InChI is InChI=1S/C10H13N5/c1-2-11-5-8-6-13-10(15-8)9-3-4-12-7-14-9/h3-4,6-7,11H,2,5H2,1H3,(H,13,15). The van der Waals surface area contributed by atoms with Crippen molar-refractivity contribution in [3.8, 4) is 11.5 Å². The normalized spacial score (nSPS) is 10.5. The number of nitrogens with zero attached hydrogens (tertiary/aromatic N) is 3. The Hall–Kier alpha value is -1.75. The molecule has 0 aliphatic carbocycles. The molecule has 0 unspecified atom stereocenters. The average Bonchev–Trinajstić information content (AvgIpc) is 2.76. The van der Waals surface area contributed by atoms with Crippen molar-refractivity contribution in [1.82, 2.24) is 25.3 Å². The molecule has 0 saturated heterocycles. The molecule has 0 aliphatic heterocycles. The van der Waals surface area contributed by atoms with Crippen LogP contribution in [0.4, 0.5) is 0 Å². The molecule has 5 nitrogen and oxygen atoms in total. The smallest absolute Gasteiger partial charge is 0.156 e. The first-order chi connectivity index (χ1) is 7.40. The van der Waals surface area contributed by atoms with Gasteiger partial charge in [-0.15, -0.1) is 0 Å². The van der Waals surface area contributed by atoms with Gasteiger partial charge in [-0.05, 0) is 12.6 Å². The van der Waals surface area contributed by atoms with Crippen molar-refractivity contribution in [3.63, 3.8) is 0 Å². The second-order valence-electron chi connectivity index (χ2n) is 3.13. The second kappa shape index (κ2) is 4.65. The Kier molecular flexibility index (Phi) is 3.04. The van der Waals surface area contributed by atoms with Gasteiger partial charge in [-0.1, -0.05) is 6.92 Å². The predicted octanol–water partition coefficient (Wildman–Crippen LogP) is 0.976. The summed E-state index contributed by atoms with van der Waals surface area (Å²) in [6.07, 6.45) is 5.04. The third-order valence-electron chi connectivity index (χ3n) is 2.02. The highest BCUT2D eigenvalue weighted by atomic mass is 15.0. The zero-order valence-electron chi connectivity index (χ0n) is 8.57. The van der Waals surface area contributed by atoms with E-state index in [9.17, 15) is 0 Å². The van der Waals surface area contributed by atoms with Crippen LogP contribution in [0.1, 0.15) is 12.6 Å². The summed E-state index contributed by atoms with van der Waals surface area (Å²) in [5, 5.41) is 3.23. The molecule has 0 aliphatic rings. The highest BCUT2D eigenvalue weighted by Gasteiger charge is 2.03. The Morgan fingerprint density at radius 2 is 2.33 bits per heavy atom. The average molecular weight is 203 g/mol. The highest BCUT2D eigenvalue weighted by molar-refractivity contribution is 5.47. The summed E-state index contributed by atoms with van der Waals surface area (Å²) in [6, 6.07) is 1.83. The van der Waals surface area contributed by atoms with Gasteiger partial charge < -0.3 is 10.3 Å². The monoisotopic (exact) mass is 203 g/mol. The summed E-state index contributed by atoms with van der Waals surface area (Å²) in [5.41, 5.74) is 1.87. The quantitative estimate of drug-likeness (QED) is 0.777. The summed E-state index contributed by atoms with van der Waals surface area (Å²) in [7, 11) is 0. The third kappa shape index (κ3) is 2.38. The minimum absolute atomic E-state index is 0.783. The topological polar surface area (TPSA) is 66.5 Å². The lowest BCUT2D eigenvalue weighted by atomic mass is 10.4. The number of hydrogen-bond acceptors (Lipinski definition) is 4. The third-order valence-corrected chi connectivity index (χ3v) is 2.02. The first-order valence-electron chi connectivity index (χ1n) is 4.91. The molecule has 0 amide bonds. The van der Waals surface area contributed by atoms with Crippen LogP contribution in [-0.2, 0) is 6.54 Å². The molecule has 0 fully saturated rings. The summed E-state index contributed by atoms with van der Waals surface area (Å²) in [4.78, 5) is 15.4. The van der Waals surface area contributed by atoms with Gasteiger partial charge in [0.25, 0.3) is 0 Å². The molecule has 0 atom stereocenters. The van der Waals surface area contributed by atoms with Gasteiger partial charge in [0.1, 0.15) is 12.0 Å². The molecule has 0 radical (unpaired) electrons. The van der Waals surface area contributed by atoms with Crippen LogP contribution >= 0.6 is 0 Å². The minimum atomic E-state index is 0.783.